The van der Waals surface area contributed by atoms with Crippen LogP contribution in [0.4, 0.5) is 5.95 Å². The maximum Gasteiger partial charge on any atom is 0.707 e. The van der Waals surface area contributed by atoms with Gasteiger partial charge in [-0.2, -0.15) is 0 Å². The Morgan fingerprint density at radius 3 is 2.10 bits per heavy atom. The van der Waals surface area contributed by atoms with E-state index in [1.54, 1.807) is 0 Å². The van der Waals surface area contributed by atoms with Crippen molar-refractivity contribution in [1.29, 1.82) is 0 Å². The molecule has 0 spiro atoms. The van der Waals surface area contributed by atoms with E-state index in [0.29, 0.717) is 19.0 Å². The standard InChI is InChI=1S/C12H20BN3O4/c1-11(2)7-16(8-12(3,4)20-11)10-14-5-9(6-15-10)19-13(17)18/h5-6,17-18H,7-8H2,1-4H3. The van der Waals surface area contributed by atoms with Gasteiger partial charge in [-0.1, -0.05) is 0 Å². The fourth-order valence-corrected chi connectivity index (χ4v) is 2.58. The molecule has 0 radical (unpaired) electrons. The number of morpholine rings is 1. The summed E-state index contributed by atoms with van der Waals surface area (Å²) in [4.78, 5) is 10.4. The molecule has 8 heteroatoms. The van der Waals surface area contributed by atoms with Crippen LogP contribution in [-0.2, 0) is 4.74 Å². The maximum absolute atomic E-state index is 8.71. The minimum Gasteiger partial charge on any atom is -0.509 e. The fraction of sp³-hybridized carbons (Fsp3) is 0.667. The van der Waals surface area contributed by atoms with Crippen LogP contribution in [0.25, 0.3) is 0 Å². The van der Waals surface area contributed by atoms with E-state index in [9.17, 15) is 0 Å². The van der Waals surface area contributed by atoms with Crippen molar-refractivity contribution >= 4 is 13.3 Å². The van der Waals surface area contributed by atoms with Crippen LogP contribution in [0.3, 0.4) is 0 Å². The average molecular weight is 281 g/mol. The molecule has 0 bridgehead atoms. The Hall–Kier alpha value is -1.38. The van der Waals surface area contributed by atoms with Crippen molar-refractivity contribution in [1.82, 2.24) is 9.97 Å². The fourth-order valence-electron chi connectivity index (χ4n) is 2.58. The number of hydrogen-bond donors (Lipinski definition) is 2. The van der Waals surface area contributed by atoms with Gasteiger partial charge in [0.2, 0.25) is 5.95 Å². The van der Waals surface area contributed by atoms with E-state index in [4.69, 9.17) is 14.8 Å². The lowest BCUT2D eigenvalue weighted by molar-refractivity contribution is -0.133. The van der Waals surface area contributed by atoms with Crippen molar-refractivity contribution < 1.29 is 19.4 Å². The largest absolute Gasteiger partial charge is 0.707 e. The van der Waals surface area contributed by atoms with Crippen molar-refractivity contribution in [3.8, 4) is 5.75 Å². The topological polar surface area (TPSA) is 87.9 Å². The maximum atomic E-state index is 8.71. The average Bonchev–Trinajstić information content (AvgIpc) is 2.24. The molecular formula is C12H20BN3O4. The van der Waals surface area contributed by atoms with Gasteiger partial charge in [-0.05, 0) is 27.7 Å². The monoisotopic (exact) mass is 281 g/mol. The molecule has 2 N–H and O–H groups in total. The number of rotatable bonds is 3. The highest BCUT2D eigenvalue weighted by atomic mass is 16.6. The molecular weight excluding hydrogens is 261 g/mol. The number of hydrogen-bond acceptors (Lipinski definition) is 7. The van der Waals surface area contributed by atoms with Gasteiger partial charge < -0.3 is 24.3 Å². The molecule has 1 aromatic heterocycles. The molecule has 1 aromatic rings. The lowest BCUT2D eigenvalue weighted by Crippen LogP contribution is -2.57. The summed E-state index contributed by atoms with van der Waals surface area (Å²) in [7, 11) is -1.87. The predicted octanol–water partition coefficient (Wildman–Crippen LogP) is 0.219. The molecule has 1 aliphatic heterocycles. The Kier molecular flexibility index (Phi) is 3.90. The molecule has 7 nitrogen and oxygen atoms in total. The summed E-state index contributed by atoms with van der Waals surface area (Å²) in [6.07, 6.45) is 2.83. The van der Waals surface area contributed by atoms with Gasteiger partial charge >= 0.3 is 7.32 Å². The van der Waals surface area contributed by atoms with Crippen molar-refractivity contribution in [2.75, 3.05) is 18.0 Å². The van der Waals surface area contributed by atoms with Gasteiger partial charge in [0.1, 0.15) is 5.75 Å². The third-order valence-electron chi connectivity index (χ3n) is 2.83. The van der Waals surface area contributed by atoms with Gasteiger partial charge in [0.25, 0.3) is 0 Å². The smallest absolute Gasteiger partial charge is 0.509 e. The first-order valence-electron chi connectivity index (χ1n) is 6.47. The highest BCUT2D eigenvalue weighted by Crippen LogP contribution is 2.30. The molecule has 2 rings (SSSR count). The third-order valence-corrected chi connectivity index (χ3v) is 2.83. The summed E-state index contributed by atoms with van der Waals surface area (Å²) < 4.78 is 10.7. The number of ether oxygens (including phenoxy) is 1. The second-order valence-electron chi connectivity index (χ2n) is 6.14. The normalized spacial score (nSPS) is 20.6. The van der Waals surface area contributed by atoms with Crippen LogP contribution in [0, 0.1) is 0 Å². The van der Waals surface area contributed by atoms with Crippen LogP contribution in [0.1, 0.15) is 27.7 Å². The molecule has 0 unspecified atom stereocenters. The van der Waals surface area contributed by atoms with Gasteiger partial charge in [-0.15, -0.1) is 0 Å². The first-order chi connectivity index (χ1) is 9.17. The van der Waals surface area contributed by atoms with Crippen molar-refractivity contribution in [2.45, 2.75) is 38.9 Å². The van der Waals surface area contributed by atoms with Crippen molar-refractivity contribution in [2.24, 2.45) is 0 Å². The Labute approximate surface area is 118 Å². The zero-order valence-corrected chi connectivity index (χ0v) is 12.2. The van der Waals surface area contributed by atoms with Crippen LogP contribution >= 0.6 is 0 Å². The first-order valence-corrected chi connectivity index (χ1v) is 6.47. The summed E-state index contributed by atoms with van der Waals surface area (Å²) in [5.74, 6) is 0.768. The summed E-state index contributed by atoms with van der Waals surface area (Å²) in [6.45, 7) is 9.47. The second-order valence-corrected chi connectivity index (χ2v) is 6.14. The van der Waals surface area contributed by atoms with E-state index >= 15 is 0 Å². The van der Waals surface area contributed by atoms with E-state index < -0.39 is 7.32 Å². The SMILES string of the molecule is CC1(C)CN(c2ncc(OB(O)O)cn2)CC(C)(C)O1. The van der Waals surface area contributed by atoms with Gasteiger partial charge in [-0.3, -0.25) is 0 Å². The van der Waals surface area contributed by atoms with Crippen LogP contribution in [-0.4, -0.2) is 51.6 Å². The predicted molar refractivity (Wildman–Crippen MR) is 74.3 cm³/mol. The van der Waals surface area contributed by atoms with Gasteiger partial charge in [0, 0.05) is 13.1 Å². The minimum atomic E-state index is -1.87. The van der Waals surface area contributed by atoms with Crippen LogP contribution in [0.5, 0.6) is 5.75 Å². The second kappa shape index (κ2) is 5.19. The number of nitrogens with zero attached hydrogens (tertiary/aromatic N) is 3. The summed E-state index contributed by atoms with van der Waals surface area (Å²) in [5.41, 5.74) is -0.580. The van der Waals surface area contributed by atoms with E-state index in [1.165, 1.54) is 12.4 Å². The van der Waals surface area contributed by atoms with Crippen molar-refractivity contribution in [3.63, 3.8) is 0 Å². The van der Waals surface area contributed by atoms with Gasteiger partial charge in [-0.25, -0.2) is 9.97 Å². The Bertz CT molecular complexity index is 448. The highest BCUT2D eigenvalue weighted by molar-refractivity contribution is 6.33. The molecule has 0 saturated carbocycles. The Morgan fingerprint density at radius 1 is 1.15 bits per heavy atom. The zero-order valence-electron chi connectivity index (χ0n) is 12.2. The molecule has 0 amide bonds. The van der Waals surface area contributed by atoms with Gasteiger partial charge in [0.05, 0.1) is 23.6 Å². The minimum absolute atomic E-state index is 0.204. The molecule has 1 fully saturated rings. The molecule has 20 heavy (non-hydrogen) atoms. The lowest BCUT2D eigenvalue weighted by atomic mass is 9.99. The van der Waals surface area contributed by atoms with Crippen LogP contribution < -0.4 is 9.55 Å². The molecule has 0 atom stereocenters. The Balaban J connectivity index is 2.14. The Morgan fingerprint density at radius 2 is 1.65 bits per heavy atom. The zero-order chi connectivity index (χ0) is 15.0. The summed E-state index contributed by atoms with van der Waals surface area (Å²) in [6, 6.07) is 0. The van der Waals surface area contributed by atoms with E-state index in [0.717, 1.165) is 0 Å². The number of aromatic nitrogens is 2. The lowest BCUT2D eigenvalue weighted by Gasteiger charge is -2.47. The summed E-state index contributed by atoms with van der Waals surface area (Å²) in [5, 5.41) is 17.4. The first kappa shape index (κ1) is 15.0. The van der Waals surface area contributed by atoms with E-state index in [-0.39, 0.29) is 17.0 Å². The van der Waals surface area contributed by atoms with E-state index in [2.05, 4.69) is 14.6 Å². The molecule has 1 aliphatic rings. The summed E-state index contributed by atoms with van der Waals surface area (Å²) >= 11 is 0. The molecule has 0 aromatic carbocycles. The number of anilines is 1. The quantitative estimate of drug-likeness (QED) is 0.766. The van der Waals surface area contributed by atoms with Crippen LogP contribution in [0.15, 0.2) is 12.4 Å². The highest BCUT2D eigenvalue weighted by Gasteiger charge is 2.39. The molecule has 2 heterocycles. The third kappa shape index (κ3) is 3.81. The molecule has 0 aliphatic carbocycles. The van der Waals surface area contributed by atoms with Crippen molar-refractivity contribution in [3.05, 3.63) is 12.4 Å². The van der Waals surface area contributed by atoms with E-state index in [1.807, 2.05) is 32.6 Å². The van der Waals surface area contributed by atoms with Gasteiger partial charge in [0.15, 0.2) is 0 Å². The molecule has 110 valence electrons. The molecule has 1 saturated heterocycles. The van der Waals surface area contributed by atoms with Crippen LogP contribution in [0.2, 0.25) is 0 Å².